The predicted molar refractivity (Wildman–Crippen MR) is 99.1 cm³/mol. The van der Waals surface area contributed by atoms with E-state index in [-0.39, 0.29) is 0 Å². The fourth-order valence-electron chi connectivity index (χ4n) is 4.74. The van der Waals surface area contributed by atoms with Gasteiger partial charge in [-0.3, -0.25) is 9.69 Å². The average Bonchev–Trinajstić information content (AvgIpc) is 2.84. The maximum Gasteiger partial charge on any atom is 0.0861 e. The summed E-state index contributed by atoms with van der Waals surface area (Å²) in [5.41, 5.74) is 3.27. The molecule has 0 bridgehead atoms. The number of fused-ring (bicyclic) bond motifs is 1. The molecule has 5 nitrogen and oxygen atoms in total. The van der Waals surface area contributed by atoms with Crippen molar-refractivity contribution in [2.24, 2.45) is 15.9 Å². The highest BCUT2D eigenvalue weighted by Crippen LogP contribution is 2.47. The van der Waals surface area contributed by atoms with E-state index in [2.05, 4.69) is 61.5 Å². The summed E-state index contributed by atoms with van der Waals surface area (Å²) >= 11 is 0. The minimum absolute atomic E-state index is 0.387. The molecule has 1 aromatic heterocycles. The number of rotatable bonds is 4. The molecule has 5 heteroatoms. The molecule has 1 aliphatic carbocycles. The first-order valence-corrected chi connectivity index (χ1v) is 9.15. The fraction of sp³-hybridized carbons (Fsp3) is 0.789. The smallest absolute Gasteiger partial charge is 0.0861 e. The molecule has 1 saturated carbocycles. The highest BCUT2D eigenvalue weighted by molar-refractivity contribution is 5.80. The van der Waals surface area contributed by atoms with Crippen molar-refractivity contribution in [1.29, 1.82) is 0 Å². The second kappa shape index (κ2) is 6.17. The Labute approximate surface area is 146 Å². The molecule has 0 unspecified atom stereocenters. The van der Waals surface area contributed by atoms with Gasteiger partial charge in [0.25, 0.3) is 0 Å². The molecule has 2 heterocycles. The summed E-state index contributed by atoms with van der Waals surface area (Å²) in [4.78, 5) is 2.19. The molecule has 0 atom stereocenters. The first kappa shape index (κ1) is 17.5. The lowest BCUT2D eigenvalue weighted by Gasteiger charge is -2.48. The van der Waals surface area contributed by atoms with Crippen molar-refractivity contribution in [3.63, 3.8) is 0 Å². The summed E-state index contributed by atoms with van der Waals surface area (Å²) in [6.45, 7) is 12.4. The Balaban J connectivity index is 1.73. The van der Waals surface area contributed by atoms with Gasteiger partial charge in [-0.25, -0.2) is 0 Å². The van der Waals surface area contributed by atoms with Crippen LogP contribution in [0.2, 0.25) is 0 Å². The standard InChI is InChI=1S/C19H33N5/c1-18(2)9-16(10-19(3,4)14-18)24-13-15-11-20-23(8-7-22(5)6)17(15)12-21-24/h11-12,16H,7-10,13-14H2,1-6H3. The lowest BCUT2D eigenvalue weighted by molar-refractivity contribution is 0.0211. The van der Waals surface area contributed by atoms with Crippen LogP contribution in [-0.2, 0) is 13.1 Å². The van der Waals surface area contributed by atoms with Crippen LogP contribution in [0.25, 0.3) is 0 Å². The second-order valence-electron chi connectivity index (χ2n) is 9.49. The summed E-state index contributed by atoms with van der Waals surface area (Å²) in [5, 5.41) is 11.7. The fourth-order valence-corrected chi connectivity index (χ4v) is 4.74. The third kappa shape index (κ3) is 3.82. The van der Waals surface area contributed by atoms with Gasteiger partial charge in [-0.1, -0.05) is 27.7 Å². The molecule has 2 aliphatic rings. The number of likely N-dealkylation sites (N-methyl/N-ethyl adjacent to an activating group) is 1. The van der Waals surface area contributed by atoms with Crippen molar-refractivity contribution < 1.29 is 0 Å². The predicted octanol–water partition coefficient (Wildman–Crippen LogP) is 3.20. The molecule has 24 heavy (non-hydrogen) atoms. The molecule has 0 radical (unpaired) electrons. The first-order chi connectivity index (χ1) is 11.2. The van der Waals surface area contributed by atoms with Gasteiger partial charge in [0.15, 0.2) is 0 Å². The third-order valence-corrected chi connectivity index (χ3v) is 5.33. The van der Waals surface area contributed by atoms with Gasteiger partial charge in [-0.15, -0.1) is 0 Å². The Hall–Kier alpha value is -1.36. The number of nitrogens with zero attached hydrogens (tertiary/aromatic N) is 5. The van der Waals surface area contributed by atoms with Crippen LogP contribution in [0.15, 0.2) is 11.3 Å². The van der Waals surface area contributed by atoms with Crippen molar-refractivity contribution >= 4 is 6.21 Å². The lowest BCUT2D eigenvalue weighted by Crippen LogP contribution is -2.44. The van der Waals surface area contributed by atoms with E-state index in [9.17, 15) is 0 Å². The van der Waals surface area contributed by atoms with E-state index in [4.69, 9.17) is 5.10 Å². The second-order valence-corrected chi connectivity index (χ2v) is 9.49. The number of hydrogen-bond acceptors (Lipinski definition) is 4. The van der Waals surface area contributed by atoms with Crippen LogP contribution < -0.4 is 0 Å². The molecular weight excluding hydrogens is 298 g/mol. The minimum Gasteiger partial charge on any atom is -0.308 e. The van der Waals surface area contributed by atoms with E-state index >= 15 is 0 Å². The summed E-state index contributed by atoms with van der Waals surface area (Å²) in [7, 11) is 4.19. The number of hydrogen-bond donors (Lipinski definition) is 0. The van der Waals surface area contributed by atoms with Crippen molar-refractivity contribution in [3.8, 4) is 0 Å². The highest BCUT2D eigenvalue weighted by atomic mass is 15.5. The Kier molecular flexibility index (Phi) is 4.49. The Morgan fingerprint density at radius 1 is 1.17 bits per heavy atom. The van der Waals surface area contributed by atoms with Crippen molar-refractivity contribution in [2.75, 3.05) is 20.6 Å². The summed E-state index contributed by atoms with van der Waals surface area (Å²) < 4.78 is 2.09. The first-order valence-electron chi connectivity index (χ1n) is 9.15. The van der Waals surface area contributed by atoms with Gasteiger partial charge < -0.3 is 4.90 Å². The van der Waals surface area contributed by atoms with Crippen LogP contribution in [0.5, 0.6) is 0 Å². The Morgan fingerprint density at radius 2 is 1.83 bits per heavy atom. The topological polar surface area (TPSA) is 36.7 Å². The van der Waals surface area contributed by atoms with Gasteiger partial charge in [-0.05, 0) is 44.2 Å². The zero-order chi connectivity index (χ0) is 17.5. The van der Waals surface area contributed by atoms with Gasteiger partial charge in [-0.2, -0.15) is 10.2 Å². The highest BCUT2D eigenvalue weighted by Gasteiger charge is 2.41. The van der Waals surface area contributed by atoms with Crippen molar-refractivity contribution in [2.45, 2.75) is 66.1 Å². The van der Waals surface area contributed by atoms with Crippen LogP contribution in [-0.4, -0.2) is 52.6 Å². The van der Waals surface area contributed by atoms with Crippen molar-refractivity contribution in [1.82, 2.24) is 19.7 Å². The zero-order valence-corrected chi connectivity index (χ0v) is 16.2. The Bertz CT molecular complexity index is 595. The largest absolute Gasteiger partial charge is 0.308 e. The molecule has 0 N–H and O–H groups in total. The van der Waals surface area contributed by atoms with Gasteiger partial charge in [0.1, 0.15) is 0 Å². The van der Waals surface area contributed by atoms with E-state index in [1.165, 1.54) is 30.5 Å². The zero-order valence-electron chi connectivity index (χ0n) is 16.2. The molecular formula is C19H33N5. The molecule has 1 fully saturated rings. The van der Waals surface area contributed by atoms with E-state index in [0.29, 0.717) is 16.9 Å². The monoisotopic (exact) mass is 331 g/mol. The van der Waals surface area contributed by atoms with E-state index in [1.54, 1.807) is 0 Å². The van der Waals surface area contributed by atoms with Crippen LogP contribution in [0, 0.1) is 10.8 Å². The third-order valence-electron chi connectivity index (χ3n) is 5.33. The normalized spacial score (nSPS) is 22.9. The molecule has 1 aliphatic heterocycles. The SMILES string of the molecule is CN(C)CCn1ncc2c1C=NN(C1CC(C)(C)CC(C)(C)C1)C2. The minimum atomic E-state index is 0.387. The molecule has 0 amide bonds. The van der Waals surface area contributed by atoms with Gasteiger partial charge >= 0.3 is 0 Å². The van der Waals surface area contributed by atoms with Crippen LogP contribution in [0.1, 0.15) is 58.2 Å². The maximum absolute atomic E-state index is 4.82. The number of hydrazone groups is 1. The van der Waals surface area contributed by atoms with Gasteiger partial charge in [0, 0.05) is 18.2 Å². The molecule has 134 valence electrons. The number of aromatic nitrogens is 2. The molecule has 0 aromatic carbocycles. The van der Waals surface area contributed by atoms with E-state index in [1.807, 2.05) is 12.4 Å². The van der Waals surface area contributed by atoms with Crippen molar-refractivity contribution in [3.05, 3.63) is 17.5 Å². The maximum atomic E-state index is 4.82. The van der Waals surface area contributed by atoms with Crippen LogP contribution >= 0.6 is 0 Å². The lowest BCUT2D eigenvalue weighted by atomic mass is 9.63. The van der Waals surface area contributed by atoms with Gasteiger partial charge in [0.2, 0.25) is 0 Å². The quantitative estimate of drug-likeness (QED) is 0.850. The average molecular weight is 332 g/mol. The molecule has 3 rings (SSSR count). The van der Waals surface area contributed by atoms with Crippen LogP contribution in [0.4, 0.5) is 0 Å². The molecule has 1 aromatic rings. The summed E-state index contributed by atoms with van der Waals surface area (Å²) in [5.74, 6) is 0. The molecule has 0 saturated heterocycles. The van der Waals surface area contributed by atoms with Crippen LogP contribution in [0.3, 0.4) is 0 Å². The Morgan fingerprint density at radius 3 is 2.46 bits per heavy atom. The summed E-state index contributed by atoms with van der Waals surface area (Å²) in [6.07, 6.45) is 7.79. The summed E-state index contributed by atoms with van der Waals surface area (Å²) in [6, 6.07) is 0.526. The van der Waals surface area contributed by atoms with Gasteiger partial charge in [0.05, 0.1) is 31.2 Å². The molecule has 0 spiro atoms. The van der Waals surface area contributed by atoms with E-state index < -0.39 is 0 Å². The van der Waals surface area contributed by atoms with E-state index in [0.717, 1.165) is 19.6 Å².